The predicted octanol–water partition coefficient (Wildman–Crippen LogP) is 0.894. The highest BCUT2D eigenvalue weighted by molar-refractivity contribution is 6.01. The summed E-state index contributed by atoms with van der Waals surface area (Å²) < 4.78 is 13.2. The molecule has 0 saturated carbocycles. The molecule has 0 aromatic heterocycles. The van der Waals surface area contributed by atoms with Gasteiger partial charge in [-0.05, 0) is 24.1 Å². The second-order valence-corrected chi connectivity index (χ2v) is 5.10. The fraction of sp³-hybridized carbons (Fsp3) is 0.400. The van der Waals surface area contributed by atoms with E-state index in [0.29, 0.717) is 17.8 Å². The van der Waals surface area contributed by atoms with E-state index in [1.54, 1.807) is 0 Å². The highest BCUT2D eigenvalue weighted by Gasteiger charge is 2.30. The molecule has 2 rings (SSSR count). The molecule has 0 aliphatic carbocycles. The van der Waals surface area contributed by atoms with Gasteiger partial charge in [0.1, 0.15) is 5.82 Å². The van der Waals surface area contributed by atoms with E-state index >= 15 is 0 Å². The average molecular weight is 307 g/mol. The Morgan fingerprint density at radius 1 is 1.36 bits per heavy atom. The second-order valence-electron chi connectivity index (χ2n) is 5.10. The van der Waals surface area contributed by atoms with Crippen molar-refractivity contribution in [2.45, 2.75) is 25.7 Å². The first kappa shape index (κ1) is 15.9. The topological polar surface area (TPSA) is 87.3 Å². The highest BCUT2D eigenvalue weighted by atomic mass is 19.1. The summed E-state index contributed by atoms with van der Waals surface area (Å²) in [4.78, 5) is 35.3. The lowest BCUT2D eigenvalue weighted by Gasteiger charge is -2.24. The smallest absolute Gasteiger partial charge is 0.239 e. The van der Waals surface area contributed by atoms with Crippen LogP contribution in [0.5, 0.6) is 0 Å². The van der Waals surface area contributed by atoms with Crippen LogP contribution < -0.4 is 16.0 Å². The van der Waals surface area contributed by atoms with Gasteiger partial charge in [0, 0.05) is 18.7 Å². The third-order valence-corrected chi connectivity index (χ3v) is 3.37. The molecular formula is C15H18FN3O3. The van der Waals surface area contributed by atoms with Crippen molar-refractivity contribution in [3.63, 3.8) is 0 Å². The van der Waals surface area contributed by atoms with Crippen molar-refractivity contribution in [2.24, 2.45) is 0 Å². The van der Waals surface area contributed by atoms with Gasteiger partial charge in [0.15, 0.2) is 0 Å². The fourth-order valence-corrected chi connectivity index (χ4v) is 2.29. The quantitative estimate of drug-likeness (QED) is 0.755. The van der Waals surface area contributed by atoms with Gasteiger partial charge < -0.3 is 16.0 Å². The van der Waals surface area contributed by atoms with Crippen LogP contribution in [0, 0.1) is 5.82 Å². The molecule has 1 aliphatic rings. The minimum atomic E-state index is -0.719. The standard InChI is InChI=1S/C15H18FN3O3/c1-2-5-17-14(21)8-18-15(22)11-7-13(20)19-12-6-9(16)3-4-10(11)12/h3-4,6,11H,2,5,7-8H2,1H3,(H,17,21)(H,18,22)(H,19,20). The molecule has 3 amide bonds. The lowest BCUT2D eigenvalue weighted by atomic mass is 9.89. The lowest BCUT2D eigenvalue weighted by molar-refractivity contribution is -0.128. The van der Waals surface area contributed by atoms with Gasteiger partial charge in [-0.1, -0.05) is 13.0 Å². The van der Waals surface area contributed by atoms with Crippen LogP contribution in [-0.2, 0) is 14.4 Å². The number of halogens is 1. The van der Waals surface area contributed by atoms with Gasteiger partial charge in [-0.2, -0.15) is 0 Å². The zero-order valence-electron chi connectivity index (χ0n) is 12.2. The lowest BCUT2D eigenvalue weighted by Crippen LogP contribution is -2.41. The Bertz CT molecular complexity index is 604. The van der Waals surface area contributed by atoms with Crippen LogP contribution in [0.3, 0.4) is 0 Å². The summed E-state index contributed by atoms with van der Waals surface area (Å²) in [7, 11) is 0. The molecule has 6 nitrogen and oxygen atoms in total. The first-order valence-electron chi connectivity index (χ1n) is 7.15. The number of carbonyl (C=O) groups excluding carboxylic acids is 3. The first-order chi connectivity index (χ1) is 10.5. The largest absolute Gasteiger partial charge is 0.355 e. The van der Waals surface area contributed by atoms with Crippen molar-refractivity contribution >= 4 is 23.4 Å². The maximum absolute atomic E-state index is 13.2. The van der Waals surface area contributed by atoms with Gasteiger partial charge in [-0.15, -0.1) is 0 Å². The van der Waals surface area contributed by atoms with E-state index < -0.39 is 17.6 Å². The van der Waals surface area contributed by atoms with Crippen LogP contribution in [-0.4, -0.2) is 30.8 Å². The molecule has 22 heavy (non-hydrogen) atoms. The number of carbonyl (C=O) groups is 3. The zero-order chi connectivity index (χ0) is 16.1. The number of benzene rings is 1. The molecule has 0 spiro atoms. The zero-order valence-corrected chi connectivity index (χ0v) is 12.2. The summed E-state index contributed by atoms with van der Waals surface area (Å²) in [6, 6.07) is 3.90. The first-order valence-corrected chi connectivity index (χ1v) is 7.15. The highest BCUT2D eigenvalue weighted by Crippen LogP contribution is 2.32. The Kier molecular flexibility index (Phi) is 5.08. The number of fused-ring (bicyclic) bond motifs is 1. The molecule has 1 atom stereocenters. The van der Waals surface area contributed by atoms with Gasteiger partial charge in [-0.3, -0.25) is 14.4 Å². The maximum atomic E-state index is 13.2. The normalized spacial score (nSPS) is 16.5. The molecule has 0 bridgehead atoms. The maximum Gasteiger partial charge on any atom is 0.239 e. The van der Waals surface area contributed by atoms with Crippen molar-refractivity contribution in [3.05, 3.63) is 29.6 Å². The van der Waals surface area contributed by atoms with E-state index in [-0.39, 0.29) is 24.8 Å². The van der Waals surface area contributed by atoms with E-state index in [4.69, 9.17) is 0 Å². The van der Waals surface area contributed by atoms with Gasteiger partial charge >= 0.3 is 0 Å². The summed E-state index contributed by atoms with van der Waals surface area (Å²) >= 11 is 0. The van der Waals surface area contributed by atoms with E-state index in [2.05, 4.69) is 16.0 Å². The summed E-state index contributed by atoms with van der Waals surface area (Å²) in [6.07, 6.45) is 0.780. The number of hydrogen-bond acceptors (Lipinski definition) is 3. The molecule has 1 aromatic rings. The molecule has 0 fully saturated rings. The molecule has 0 radical (unpaired) electrons. The van der Waals surface area contributed by atoms with Gasteiger partial charge in [0.2, 0.25) is 17.7 Å². The molecule has 3 N–H and O–H groups in total. The molecule has 118 valence electrons. The van der Waals surface area contributed by atoms with Crippen molar-refractivity contribution in [1.82, 2.24) is 10.6 Å². The predicted molar refractivity (Wildman–Crippen MR) is 78.7 cm³/mol. The third-order valence-electron chi connectivity index (χ3n) is 3.37. The Morgan fingerprint density at radius 3 is 2.86 bits per heavy atom. The monoisotopic (exact) mass is 307 g/mol. The van der Waals surface area contributed by atoms with E-state index in [9.17, 15) is 18.8 Å². The van der Waals surface area contributed by atoms with Crippen LogP contribution in [0.25, 0.3) is 0 Å². The van der Waals surface area contributed by atoms with E-state index in [0.717, 1.165) is 6.42 Å². The van der Waals surface area contributed by atoms with Crippen molar-refractivity contribution in [3.8, 4) is 0 Å². The van der Waals surface area contributed by atoms with Gasteiger partial charge in [0.05, 0.1) is 12.5 Å². The molecule has 7 heteroatoms. The Balaban J connectivity index is 2.04. The van der Waals surface area contributed by atoms with Crippen LogP contribution in [0.15, 0.2) is 18.2 Å². The fourth-order valence-electron chi connectivity index (χ4n) is 2.29. The summed E-state index contributed by atoms with van der Waals surface area (Å²) in [6.45, 7) is 2.33. The van der Waals surface area contributed by atoms with Crippen LogP contribution >= 0.6 is 0 Å². The molecule has 1 aliphatic heterocycles. The SMILES string of the molecule is CCCNC(=O)CNC(=O)C1CC(=O)Nc2cc(F)ccc21. The molecule has 0 saturated heterocycles. The van der Waals surface area contributed by atoms with Crippen molar-refractivity contribution < 1.29 is 18.8 Å². The van der Waals surface area contributed by atoms with Crippen molar-refractivity contribution in [2.75, 3.05) is 18.4 Å². The summed E-state index contributed by atoms with van der Waals surface area (Å²) in [5, 5.41) is 7.70. The number of nitrogens with one attached hydrogen (secondary N) is 3. The van der Waals surface area contributed by atoms with Crippen molar-refractivity contribution in [1.29, 1.82) is 0 Å². The number of anilines is 1. The van der Waals surface area contributed by atoms with E-state index in [1.165, 1.54) is 18.2 Å². The Labute approximate surface area is 127 Å². The molecule has 1 unspecified atom stereocenters. The minimum absolute atomic E-state index is 0.0267. The summed E-state index contributed by atoms with van der Waals surface area (Å²) in [5.41, 5.74) is 0.847. The molecule has 1 aromatic carbocycles. The Hall–Kier alpha value is -2.44. The molecule has 1 heterocycles. The van der Waals surface area contributed by atoms with Crippen LogP contribution in [0.1, 0.15) is 31.2 Å². The Morgan fingerprint density at radius 2 is 2.14 bits per heavy atom. The average Bonchev–Trinajstić information content (AvgIpc) is 2.49. The number of rotatable bonds is 5. The van der Waals surface area contributed by atoms with Gasteiger partial charge in [-0.25, -0.2) is 4.39 Å². The van der Waals surface area contributed by atoms with Crippen LogP contribution in [0.4, 0.5) is 10.1 Å². The number of hydrogen-bond donors (Lipinski definition) is 3. The number of amides is 3. The second kappa shape index (κ2) is 7.02. The third kappa shape index (κ3) is 3.81. The summed E-state index contributed by atoms with van der Waals surface area (Å²) in [5.74, 6) is -2.26. The molecular weight excluding hydrogens is 289 g/mol. The van der Waals surface area contributed by atoms with Crippen LogP contribution in [0.2, 0.25) is 0 Å². The van der Waals surface area contributed by atoms with Gasteiger partial charge in [0.25, 0.3) is 0 Å². The minimum Gasteiger partial charge on any atom is -0.355 e. The van der Waals surface area contributed by atoms with E-state index in [1.807, 2.05) is 6.92 Å².